The minimum Gasteiger partial charge on any atom is -0.378 e. The van der Waals surface area contributed by atoms with E-state index in [1.54, 1.807) is 6.20 Å². The van der Waals surface area contributed by atoms with E-state index in [0.29, 0.717) is 5.56 Å². The van der Waals surface area contributed by atoms with Crippen LogP contribution in [0, 0.1) is 17.5 Å². The van der Waals surface area contributed by atoms with E-state index < -0.39 is 0 Å². The summed E-state index contributed by atoms with van der Waals surface area (Å²) in [5.74, 6) is 0. The van der Waals surface area contributed by atoms with Gasteiger partial charge in [0.1, 0.15) is 0 Å². The number of rotatable bonds is 3. The first-order valence-electron chi connectivity index (χ1n) is 8.73. The fourth-order valence-corrected chi connectivity index (χ4v) is 3.40. The Balaban J connectivity index is 0.00000225. The van der Waals surface area contributed by atoms with Gasteiger partial charge in [-0.15, -0.1) is 6.07 Å². The summed E-state index contributed by atoms with van der Waals surface area (Å²) >= 11 is 0. The summed E-state index contributed by atoms with van der Waals surface area (Å²) in [6.45, 7) is 0. The van der Waals surface area contributed by atoms with Crippen molar-refractivity contribution >= 4 is 16.5 Å². The van der Waals surface area contributed by atoms with Crippen molar-refractivity contribution in [3.8, 4) is 28.6 Å². The number of anilines is 1. The zero-order valence-electron chi connectivity index (χ0n) is 15.9. The van der Waals surface area contributed by atoms with Gasteiger partial charge in [-0.3, -0.25) is 5.26 Å². The van der Waals surface area contributed by atoms with Crippen molar-refractivity contribution in [3.63, 3.8) is 0 Å². The molecule has 0 saturated heterocycles. The first-order valence-corrected chi connectivity index (χ1v) is 8.73. The van der Waals surface area contributed by atoms with Crippen molar-refractivity contribution < 1.29 is 20.4 Å². The van der Waals surface area contributed by atoms with Gasteiger partial charge in [0.2, 0.25) is 0 Å². The molecule has 139 valence electrons. The van der Waals surface area contributed by atoms with Crippen LogP contribution in [-0.2, 0) is 27.5 Å². The molecular weight excluding hydrogens is 518 g/mol. The van der Waals surface area contributed by atoms with Crippen molar-refractivity contribution in [3.05, 3.63) is 72.6 Å². The molecule has 2 aromatic carbocycles. The van der Waals surface area contributed by atoms with Gasteiger partial charge in [-0.25, -0.2) is 0 Å². The van der Waals surface area contributed by atoms with E-state index in [1.165, 1.54) is 16.5 Å². The van der Waals surface area contributed by atoms with Gasteiger partial charge in [-0.05, 0) is 58.9 Å². The fourth-order valence-electron chi connectivity index (χ4n) is 3.40. The molecule has 2 aromatic heterocycles. The van der Waals surface area contributed by atoms with Gasteiger partial charge in [0, 0.05) is 58.6 Å². The Morgan fingerprint density at radius 3 is 2.43 bits per heavy atom. The number of benzene rings is 2. The van der Waals surface area contributed by atoms with E-state index in [0.717, 1.165) is 22.5 Å². The minimum absolute atomic E-state index is 0. The van der Waals surface area contributed by atoms with Crippen LogP contribution in [0.1, 0.15) is 5.56 Å². The summed E-state index contributed by atoms with van der Waals surface area (Å²) < 4.78 is 2.11. The van der Waals surface area contributed by atoms with Gasteiger partial charge in [0.15, 0.2) is 0 Å². The predicted octanol–water partition coefficient (Wildman–Crippen LogP) is 4.64. The van der Waals surface area contributed by atoms with E-state index in [4.69, 9.17) is 0 Å². The van der Waals surface area contributed by atoms with Crippen molar-refractivity contribution in [2.45, 2.75) is 0 Å². The van der Waals surface area contributed by atoms with Crippen LogP contribution in [-0.4, -0.2) is 23.6 Å². The third-order valence-electron chi connectivity index (χ3n) is 4.91. The average molecular weight is 538 g/mol. The first-order chi connectivity index (χ1) is 13.1. The molecule has 0 fully saturated rings. The van der Waals surface area contributed by atoms with Gasteiger partial charge in [-0.1, -0.05) is 35.5 Å². The maximum Gasteiger partial charge on any atom is 0.0476 e. The van der Waals surface area contributed by atoms with Crippen molar-refractivity contribution in [2.24, 2.45) is 7.05 Å². The van der Waals surface area contributed by atoms with Crippen LogP contribution in [0.25, 0.3) is 33.3 Å². The smallest absolute Gasteiger partial charge is 0.0476 e. The van der Waals surface area contributed by atoms with Crippen LogP contribution < -0.4 is 4.90 Å². The number of fused-ring (bicyclic) bond motifs is 1. The molecule has 0 amide bonds. The van der Waals surface area contributed by atoms with Crippen molar-refractivity contribution in [1.29, 1.82) is 5.26 Å². The Labute approximate surface area is 178 Å². The Hall–Kier alpha value is -2.92. The van der Waals surface area contributed by atoms with Gasteiger partial charge < -0.3 is 14.5 Å². The molecule has 4 nitrogen and oxygen atoms in total. The molecule has 5 heteroatoms. The van der Waals surface area contributed by atoms with Crippen molar-refractivity contribution in [2.75, 3.05) is 19.0 Å². The number of pyridine rings is 1. The normalized spacial score (nSPS) is 10.4. The molecule has 2 heterocycles. The van der Waals surface area contributed by atoms with E-state index in [9.17, 15) is 5.26 Å². The summed E-state index contributed by atoms with van der Waals surface area (Å²) in [5, 5.41) is 11.8. The largest absolute Gasteiger partial charge is 0.378 e. The zero-order valence-corrected chi connectivity index (χ0v) is 18.7. The van der Waals surface area contributed by atoms with Gasteiger partial charge in [-0.2, -0.15) is 0 Å². The number of hydrogen-bond acceptors (Lipinski definition) is 3. The third-order valence-corrected chi connectivity index (χ3v) is 4.91. The Bertz CT molecular complexity index is 1180. The fraction of sp³-hybridized carbons (Fsp3) is 0.130. The Kier molecular flexibility index (Phi) is 5.66. The van der Waals surface area contributed by atoms with Crippen LogP contribution in [0.3, 0.4) is 0 Å². The zero-order chi connectivity index (χ0) is 19.0. The molecule has 4 rings (SSSR count). The molecule has 0 atom stereocenters. The van der Waals surface area contributed by atoms with Crippen LogP contribution in [0.5, 0.6) is 0 Å². The third kappa shape index (κ3) is 3.45. The monoisotopic (exact) mass is 538 g/mol. The Morgan fingerprint density at radius 2 is 1.68 bits per heavy atom. The van der Waals surface area contributed by atoms with E-state index in [2.05, 4.69) is 69.2 Å². The number of nitriles is 1. The number of hydrogen-bond donors (Lipinski definition) is 0. The summed E-state index contributed by atoms with van der Waals surface area (Å²) in [7, 11) is 6.12. The van der Waals surface area contributed by atoms with Gasteiger partial charge in [0.25, 0.3) is 0 Å². The molecule has 0 aliphatic rings. The number of nitrogens with zero attached hydrogens (tertiary/aromatic N) is 4. The minimum atomic E-state index is 0. The van der Waals surface area contributed by atoms with Gasteiger partial charge >= 0.3 is 0 Å². The molecule has 0 unspecified atom stereocenters. The first kappa shape index (κ1) is 19.8. The molecular formula is C23H19N4Re-. The molecule has 0 saturated carbocycles. The average Bonchev–Trinajstić information content (AvgIpc) is 3.08. The molecule has 28 heavy (non-hydrogen) atoms. The standard InChI is InChI=1S/C23H19N4.Re/c1-26(2)20-7-6-16-12-18(5-4-17(16)13-20)22-8-9-23(27(22)3)21-10-11-25-15-19(21)14-24;/h4-13H,1-3H3;/q-1;. The SMILES string of the molecule is CN(C)c1ccc2cc(-c3ccc(-c4ccn[c-]c4C#N)n3C)ccc2c1.[Re]. The molecule has 0 bridgehead atoms. The van der Waals surface area contributed by atoms with E-state index in [1.807, 2.05) is 33.3 Å². The van der Waals surface area contributed by atoms with Gasteiger partial charge in [0.05, 0.1) is 0 Å². The van der Waals surface area contributed by atoms with Crippen molar-refractivity contribution in [1.82, 2.24) is 9.55 Å². The van der Waals surface area contributed by atoms with Crippen LogP contribution in [0.4, 0.5) is 5.69 Å². The van der Waals surface area contributed by atoms with E-state index in [-0.39, 0.29) is 20.4 Å². The maximum atomic E-state index is 9.34. The second-order valence-electron chi connectivity index (χ2n) is 6.76. The molecule has 0 spiro atoms. The summed E-state index contributed by atoms with van der Waals surface area (Å²) in [6.07, 6.45) is 4.44. The van der Waals surface area contributed by atoms with Crippen LogP contribution >= 0.6 is 0 Å². The number of aromatic nitrogens is 2. The molecule has 1 radical (unpaired) electrons. The van der Waals surface area contributed by atoms with Crippen LogP contribution in [0.15, 0.2) is 60.8 Å². The van der Waals surface area contributed by atoms with Crippen LogP contribution in [0.2, 0.25) is 0 Å². The predicted molar refractivity (Wildman–Crippen MR) is 109 cm³/mol. The molecule has 0 N–H and O–H groups in total. The second-order valence-corrected chi connectivity index (χ2v) is 6.76. The Morgan fingerprint density at radius 1 is 0.964 bits per heavy atom. The molecule has 0 aliphatic heterocycles. The summed E-state index contributed by atoms with van der Waals surface area (Å²) in [6, 6.07) is 21.2. The van der Waals surface area contributed by atoms with E-state index >= 15 is 0 Å². The quantitative estimate of drug-likeness (QED) is 0.358. The topological polar surface area (TPSA) is 44.9 Å². The summed E-state index contributed by atoms with van der Waals surface area (Å²) in [4.78, 5) is 6.04. The molecule has 4 aromatic rings. The summed E-state index contributed by atoms with van der Waals surface area (Å²) in [5.41, 5.74) is 5.71. The second kappa shape index (κ2) is 7.99. The molecule has 0 aliphatic carbocycles. The maximum absolute atomic E-state index is 9.34.